The van der Waals surface area contributed by atoms with Crippen LogP contribution >= 0.6 is 24.0 Å². The number of thiocarbonyl (C=S) groups is 1. The molecule has 146 valence electrons. The van der Waals surface area contributed by atoms with Gasteiger partial charge in [0.25, 0.3) is 5.91 Å². The Kier molecular flexibility index (Phi) is 8.53. The predicted molar refractivity (Wildman–Crippen MR) is 106 cm³/mol. The number of esters is 2. The number of nitrogens with zero attached hydrogens (tertiary/aromatic N) is 1. The van der Waals surface area contributed by atoms with Gasteiger partial charge in [0.05, 0.1) is 18.4 Å². The average Bonchev–Trinajstić information content (AvgIpc) is 3.23. The zero-order valence-electron chi connectivity index (χ0n) is 15.1. The molecule has 7 nitrogen and oxygen atoms in total. The van der Waals surface area contributed by atoms with Gasteiger partial charge in [-0.25, -0.2) is 4.79 Å². The van der Waals surface area contributed by atoms with Crippen molar-refractivity contribution < 1.29 is 23.9 Å². The van der Waals surface area contributed by atoms with Crippen LogP contribution in [0.25, 0.3) is 0 Å². The van der Waals surface area contributed by atoms with Gasteiger partial charge in [0.15, 0.2) is 6.61 Å². The third-order valence-electron chi connectivity index (χ3n) is 3.91. The molecule has 1 heterocycles. The van der Waals surface area contributed by atoms with E-state index in [1.165, 1.54) is 18.9 Å². The van der Waals surface area contributed by atoms with Gasteiger partial charge >= 0.3 is 11.9 Å². The van der Waals surface area contributed by atoms with E-state index in [0.717, 1.165) is 31.5 Å². The molecule has 1 aliphatic heterocycles. The van der Waals surface area contributed by atoms with Crippen LogP contribution in [-0.2, 0) is 25.6 Å². The molecule has 2 rings (SSSR count). The zero-order valence-corrected chi connectivity index (χ0v) is 16.7. The van der Waals surface area contributed by atoms with Gasteiger partial charge in [0, 0.05) is 19.6 Å². The molecule has 1 amide bonds. The summed E-state index contributed by atoms with van der Waals surface area (Å²) in [7, 11) is 1.32. The normalized spacial score (nSPS) is 13.1. The molecule has 1 aromatic carbocycles. The van der Waals surface area contributed by atoms with Gasteiger partial charge in [-0.1, -0.05) is 36.1 Å². The molecular formula is C18H22N2O5S2. The Hall–Kier alpha value is -2.13. The van der Waals surface area contributed by atoms with Crippen molar-refractivity contribution in [3.63, 3.8) is 0 Å². The quantitative estimate of drug-likeness (QED) is 0.538. The fraction of sp³-hybridized carbons (Fsp3) is 0.444. The smallest absolute Gasteiger partial charge is 0.337 e. The Morgan fingerprint density at radius 3 is 2.48 bits per heavy atom. The maximum atomic E-state index is 11.8. The summed E-state index contributed by atoms with van der Waals surface area (Å²) >= 11 is 6.53. The van der Waals surface area contributed by atoms with Crippen LogP contribution < -0.4 is 5.32 Å². The summed E-state index contributed by atoms with van der Waals surface area (Å²) in [5.74, 6) is -1.19. The monoisotopic (exact) mass is 410 g/mol. The van der Waals surface area contributed by atoms with Crippen molar-refractivity contribution in [1.29, 1.82) is 0 Å². The molecule has 1 aliphatic rings. The first-order chi connectivity index (χ1) is 13.0. The summed E-state index contributed by atoms with van der Waals surface area (Å²) in [6, 6.07) is 6.67. The molecule has 0 atom stereocenters. The van der Waals surface area contributed by atoms with E-state index >= 15 is 0 Å². The van der Waals surface area contributed by atoms with Gasteiger partial charge in [-0.15, -0.1) is 0 Å². The zero-order chi connectivity index (χ0) is 19.6. The van der Waals surface area contributed by atoms with Crippen molar-refractivity contribution in [2.24, 2.45) is 0 Å². The molecule has 9 heteroatoms. The molecule has 0 saturated carbocycles. The highest BCUT2D eigenvalue weighted by molar-refractivity contribution is 8.23. The molecule has 1 aromatic rings. The minimum atomic E-state index is -0.473. The van der Waals surface area contributed by atoms with Crippen molar-refractivity contribution in [3.05, 3.63) is 35.4 Å². The van der Waals surface area contributed by atoms with Crippen LogP contribution in [0.3, 0.4) is 0 Å². The standard InChI is InChI=1S/C18H22N2O5S2/c1-24-17(23)14-6-4-13(5-7-14)10-19-15(21)11-25-16(22)12-27-18(26)20-8-2-3-9-20/h4-7H,2-3,8-12H2,1H3,(H,19,21). The Bertz CT molecular complexity index is 687. The molecule has 1 saturated heterocycles. The second-order valence-corrected chi connectivity index (χ2v) is 7.48. The molecular weight excluding hydrogens is 388 g/mol. The number of hydrogen-bond acceptors (Lipinski definition) is 7. The number of carbonyl (C=O) groups is 3. The van der Waals surface area contributed by atoms with Crippen LogP contribution in [0, 0.1) is 0 Å². The number of ether oxygens (including phenoxy) is 2. The SMILES string of the molecule is COC(=O)c1ccc(CNC(=O)COC(=O)CSC(=S)N2CCCC2)cc1. The number of likely N-dealkylation sites (tertiary alicyclic amines) is 1. The van der Waals surface area contributed by atoms with E-state index in [-0.39, 0.29) is 18.9 Å². The van der Waals surface area contributed by atoms with E-state index in [1.807, 2.05) is 0 Å². The second kappa shape index (κ2) is 10.9. The van der Waals surface area contributed by atoms with Crippen LogP contribution in [0.2, 0.25) is 0 Å². The number of carbonyl (C=O) groups excluding carboxylic acids is 3. The summed E-state index contributed by atoms with van der Waals surface area (Å²) < 4.78 is 10.3. The van der Waals surface area contributed by atoms with Crippen LogP contribution in [0.4, 0.5) is 0 Å². The summed E-state index contributed by atoms with van der Waals surface area (Å²) in [4.78, 5) is 36.9. The van der Waals surface area contributed by atoms with E-state index in [1.54, 1.807) is 24.3 Å². The Balaban J connectivity index is 1.63. The Labute approximate surface area is 167 Å². The maximum Gasteiger partial charge on any atom is 0.337 e. The lowest BCUT2D eigenvalue weighted by Crippen LogP contribution is -2.29. The van der Waals surface area contributed by atoms with Gasteiger partial charge < -0.3 is 19.7 Å². The van der Waals surface area contributed by atoms with Crippen molar-refractivity contribution in [1.82, 2.24) is 10.2 Å². The molecule has 1 N–H and O–H groups in total. The fourth-order valence-electron chi connectivity index (χ4n) is 2.43. The van der Waals surface area contributed by atoms with Crippen molar-refractivity contribution in [2.45, 2.75) is 19.4 Å². The molecule has 0 unspecified atom stereocenters. The van der Waals surface area contributed by atoms with Gasteiger partial charge in [0.1, 0.15) is 4.32 Å². The molecule has 0 aromatic heterocycles. The van der Waals surface area contributed by atoms with Crippen molar-refractivity contribution in [3.8, 4) is 0 Å². The first-order valence-electron chi connectivity index (χ1n) is 8.51. The third kappa shape index (κ3) is 7.18. The molecule has 0 aliphatic carbocycles. The van der Waals surface area contributed by atoms with Gasteiger partial charge in [-0.05, 0) is 30.5 Å². The minimum absolute atomic E-state index is 0.0948. The Morgan fingerprint density at radius 1 is 1.19 bits per heavy atom. The summed E-state index contributed by atoms with van der Waals surface area (Å²) in [6.07, 6.45) is 2.24. The van der Waals surface area contributed by atoms with E-state index < -0.39 is 17.8 Å². The highest BCUT2D eigenvalue weighted by Gasteiger charge is 2.17. The second-order valence-electron chi connectivity index (χ2n) is 5.87. The lowest BCUT2D eigenvalue weighted by atomic mass is 10.1. The number of nitrogens with one attached hydrogen (secondary N) is 1. The first-order valence-corrected chi connectivity index (χ1v) is 9.90. The van der Waals surface area contributed by atoms with Crippen LogP contribution in [-0.4, -0.2) is 59.6 Å². The maximum absolute atomic E-state index is 11.8. The molecule has 27 heavy (non-hydrogen) atoms. The Morgan fingerprint density at radius 2 is 1.85 bits per heavy atom. The van der Waals surface area contributed by atoms with Crippen molar-refractivity contribution >= 4 is 46.1 Å². The molecule has 1 fully saturated rings. The average molecular weight is 411 g/mol. The summed E-state index contributed by atoms with van der Waals surface area (Å²) in [6.45, 7) is 1.80. The van der Waals surface area contributed by atoms with Gasteiger partial charge in [0.2, 0.25) is 0 Å². The number of amides is 1. The lowest BCUT2D eigenvalue weighted by molar-refractivity contribution is -0.145. The first kappa shape index (κ1) is 21.2. The number of thioether (sulfide) groups is 1. The number of methoxy groups -OCH3 is 1. The molecule has 0 spiro atoms. The van der Waals surface area contributed by atoms with E-state index in [2.05, 4.69) is 15.0 Å². The highest BCUT2D eigenvalue weighted by atomic mass is 32.2. The summed E-state index contributed by atoms with van der Waals surface area (Å²) in [5, 5.41) is 2.65. The predicted octanol–water partition coefficient (Wildman–Crippen LogP) is 1.75. The van der Waals surface area contributed by atoms with Gasteiger partial charge in [-0.3, -0.25) is 9.59 Å². The molecule has 0 radical (unpaired) electrons. The van der Waals surface area contributed by atoms with Crippen LogP contribution in [0.1, 0.15) is 28.8 Å². The van der Waals surface area contributed by atoms with E-state index in [9.17, 15) is 14.4 Å². The third-order valence-corrected chi connectivity index (χ3v) is 5.40. The largest absolute Gasteiger partial charge is 0.465 e. The highest BCUT2D eigenvalue weighted by Crippen LogP contribution is 2.16. The topological polar surface area (TPSA) is 84.9 Å². The molecule has 0 bridgehead atoms. The van der Waals surface area contributed by atoms with E-state index in [0.29, 0.717) is 9.88 Å². The number of rotatable bonds is 7. The van der Waals surface area contributed by atoms with Gasteiger partial charge in [-0.2, -0.15) is 0 Å². The fourth-order valence-corrected chi connectivity index (χ4v) is 3.48. The lowest BCUT2D eigenvalue weighted by Gasteiger charge is -2.17. The van der Waals surface area contributed by atoms with Crippen LogP contribution in [0.5, 0.6) is 0 Å². The minimum Gasteiger partial charge on any atom is -0.465 e. The summed E-state index contributed by atoms with van der Waals surface area (Å²) in [5.41, 5.74) is 1.25. The number of hydrogen-bond donors (Lipinski definition) is 1. The van der Waals surface area contributed by atoms with Crippen molar-refractivity contribution in [2.75, 3.05) is 32.6 Å². The van der Waals surface area contributed by atoms with E-state index in [4.69, 9.17) is 17.0 Å². The number of benzene rings is 1. The van der Waals surface area contributed by atoms with Crippen LogP contribution in [0.15, 0.2) is 24.3 Å².